The molecule has 0 aliphatic carbocycles. The van der Waals surface area contributed by atoms with Crippen molar-refractivity contribution in [1.82, 2.24) is 15.3 Å². The Labute approximate surface area is 148 Å². The van der Waals surface area contributed by atoms with Gasteiger partial charge in [-0.15, -0.1) is 0 Å². The highest BCUT2D eigenvalue weighted by atomic mass is 19.1. The van der Waals surface area contributed by atoms with Crippen molar-refractivity contribution >= 4 is 22.6 Å². The Kier molecular flexibility index (Phi) is 5.04. The van der Waals surface area contributed by atoms with Crippen LogP contribution in [0.4, 0.5) is 19.4 Å². The lowest BCUT2D eigenvalue weighted by atomic mass is 9.96. The quantitative estimate of drug-likeness (QED) is 0.625. The molecule has 3 aromatic rings. The lowest BCUT2D eigenvalue weighted by molar-refractivity contribution is 0.252. The normalized spacial score (nSPS) is 10.8. The third kappa shape index (κ3) is 3.45. The first kappa shape index (κ1) is 17.7. The van der Waals surface area contributed by atoms with Crippen LogP contribution in [0.1, 0.15) is 12.5 Å². The summed E-state index contributed by atoms with van der Waals surface area (Å²) in [6.07, 6.45) is 2.39. The summed E-state index contributed by atoms with van der Waals surface area (Å²) in [6, 6.07) is 5.64. The minimum atomic E-state index is -0.785. The van der Waals surface area contributed by atoms with Gasteiger partial charge in [-0.1, -0.05) is 12.1 Å². The molecule has 26 heavy (non-hydrogen) atoms. The van der Waals surface area contributed by atoms with E-state index in [0.29, 0.717) is 22.9 Å². The number of nitrogens with one attached hydrogen (secondary N) is 2. The van der Waals surface area contributed by atoms with Gasteiger partial charge in [0.1, 0.15) is 11.6 Å². The van der Waals surface area contributed by atoms with Gasteiger partial charge in [-0.3, -0.25) is 5.32 Å². The zero-order valence-electron chi connectivity index (χ0n) is 14.0. The Morgan fingerprint density at radius 1 is 1.12 bits per heavy atom. The predicted molar refractivity (Wildman–Crippen MR) is 95.5 cm³/mol. The average Bonchev–Trinajstić information content (AvgIpc) is 2.63. The van der Waals surface area contributed by atoms with Gasteiger partial charge >= 0.3 is 6.03 Å². The molecule has 0 radical (unpaired) electrons. The Morgan fingerprint density at radius 3 is 2.65 bits per heavy atom. The average molecular weight is 357 g/mol. The number of anilines is 1. The zero-order chi connectivity index (χ0) is 18.7. The molecule has 0 saturated heterocycles. The van der Waals surface area contributed by atoms with Crippen molar-refractivity contribution in [3.05, 3.63) is 54.0 Å². The number of amides is 2. The molecule has 0 atom stereocenters. The molecule has 0 spiro atoms. The highest BCUT2D eigenvalue weighted by molar-refractivity contribution is 6.00. The molecule has 0 unspecified atom stereocenters. The van der Waals surface area contributed by atoms with E-state index in [4.69, 9.17) is 5.73 Å². The maximum atomic E-state index is 14.2. The van der Waals surface area contributed by atoms with Crippen LogP contribution in [-0.2, 0) is 6.54 Å². The van der Waals surface area contributed by atoms with Crippen LogP contribution in [0.3, 0.4) is 0 Å². The smallest absolute Gasteiger partial charge is 0.320 e. The van der Waals surface area contributed by atoms with Crippen molar-refractivity contribution < 1.29 is 13.6 Å². The van der Waals surface area contributed by atoms with Gasteiger partial charge < -0.3 is 11.1 Å². The first-order chi connectivity index (χ1) is 12.5. The molecule has 1 aromatic carbocycles. The molecule has 134 valence electrons. The second-order valence-electron chi connectivity index (χ2n) is 5.56. The van der Waals surface area contributed by atoms with Gasteiger partial charge in [0.05, 0.1) is 6.20 Å². The van der Waals surface area contributed by atoms with Gasteiger partial charge in [0.25, 0.3) is 0 Å². The number of hydrogen-bond donors (Lipinski definition) is 3. The molecule has 8 heteroatoms. The summed E-state index contributed by atoms with van der Waals surface area (Å²) >= 11 is 0. The summed E-state index contributed by atoms with van der Waals surface area (Å²) in [7, 11) is 0. The zero-order valence-corrected chi connectivity index (χ0v) is 14.0. The Hall–Kier alpha value is -3.13. The lowest BCUT2D eigenvalue weighted by Gasteiger charge is -2.13. The van der Waals surface area contributed by atoms with Crippen molar-refractivity contribution in [2.24, 2.45) is 5.73 Å². The van der Waals surface area contributed by atoms with Gasteiger partial charge in [-0.25, -0.2) is 19.2 Å². The predicted octanol–water partition coefficient (Wildman–Crippen LogP) is 3.18. The standard InChI is InChI=1S/C18H17F2N5O/c1-2-22-18(26)25-17-6-12-11(13-5-16(20)23-9-15(13)19)4-3-10(7-21)14(12)8-24-17/h3-6,8-9H,2,7,21H2,1H3,(H2,22,24,25,26). The number of fused-ring (bicyclic) bond motifs is 1. The van der Waals surface area contributed by atoms with Gasteiger partial charge in [-0.05, 0) is 29.5 Å². The van der Waals surface area contributed by atoms with E-state index in [2.05, 4.69) is 20.6 Å². The molecule has 0 saturated carbocycles. The van der Waals surface area contributed by atoms with Crippen molar-refractivity contribution in [2.75, 3.05) is 11.9 Å². The second kappa shape index (κ2) is 7.40. The molecule has 0 aliphatic heterocycles. The summed E-state index contributed by atoms with van der Waals surface area (Å²) in [5.74, 6) is -1.15. The molecular formula is C18H17F2N5O. The number of carbonyl (C=O) groups is 1. The number of urea groups is 1. The molecule has 3 rings (SSSR count). The van der Waals surface area contributed by atoms with E-state index in [9.17, 15) is 13.6 Å². The van der Waals surface area contributed by atoms with Crippen LogP contribution in [-0.4, -0.2) is 22.5 Å². The van der Waals surface area contributed by atoms with E-state index < -0.39 is 17.8 Å². The fourth-order valence-corrected chi connectivity index (χ4v) is 2.72. The SMILES string of the molecule is CCNC(=O)Nc1cc2c(-c3cc(F)ncc3F)ccc(CN)c2cn1. The molecule has 0 aliphatic rings. The third-order valence-electron chi connectivity index (χ3n) is 3.90. The van der Waals surface area contributed by atoms with Crippen LogP contribution in [0.5, 0.6) is 0 Å². The van der Waals surface area contributed by atoms with Crippen LogP contribution in [0, 0.1) is 11.8 Å². The van der Waals surface area contributed by atoms with Gasteiger partial charge in [-0.2, -0.15) is 4.39 Å². The first-order valence-corrected chi connectivity index (χ1v) is 8.01. The molecule has 4 N–H and O–H groups in total. The number of pyridine rings is 2. The number of nitrogens with zero attached hydrogens (tertiary/aromatic N) is 2. The largest absolute Gasteiger partial charge is 0.338 e. The molecule has 2 amide bonds. The summed E-state index contributed by atoms with van der Waals surface area (Å²) in [5.41, 5.74) is 7.09. The number of rotatable bonds is 4. The molecule has 2 heterocycles. The van der Waals surface area contributed by atoms with Crippen LogP contribution >= 0.6 is 0 Å². The van der Waals surface area contributed by atoms with Crippen molar-refractivity contribution in [3.8, 4) is 11.1 Å². The van der Waals surface area contributed by atoms with Crippen LogP contribution in [0.2, 0.25) is 0 Å². The number of halogens is 2. The van der Waals surface area contributed by atoms with E-state index >= 15 is 0 Å². The van der Waals surface area contributed by atoms with Crippen LogP contribution in [0.15, 0.2) is 36.7 Å². The molecular weight excluding hydrogens is 340 g/mol. The van der Waals surface area contributed by atoms with E-state index in [0.717, 1.165) is 17.8 Å². The van der Waals surface area contributed by atoms with Crippen molar-refractivity contribution in [3.63, 3.8) is 0 Å². The topological polar surface area (TPSA) is 92.9 Å². The molecule has 0 bridgehead atoms. The van der Waals surface area contributed by atoms with Gasteiger partial charge in [0.15, 0.2) is 0 Å². The number of carbonyl (C=O) groups excluding carboxylic acids is 1. The number of aromatic nitrogens is 2. The van der Waals surface area contributed by atoms with E-state index in [1.54, 1.807) is 31.3 Å². The fourth-order valence-electron chi connectivity index (χ4n) is 2.72. The van der Waals surface area contributed by atoms with Crippen molar-refractivity contribution in [2.45, 2.75) is 13.5 Å². The Balaban J connectivity index is 2.19. The molecule has 2 aromatic heterocycles. The Morgan fingerprint density at radius 2 is 1.92 bits per heavy atom. The number of nitrogens with two attached hydrogens (primary N) is 1. The summed E-state index contributed by atoms with van der Waals surface area (Å²) in [4.78, 5) is 19.2. The highest BCUT2D eigenvalue weighted by Crippen LogP contribution is 2.33. The monoisotopic (exact) mass is 357 g/mol. The maximum absolute atomic E-state index is 14.2. The van der Waals surface area contributed by atoms with Crippen LogP contribution in [0.25, 0.3) is 21.9 Å². The fraction of sp³-hybridized carbons (Fsp3) is 0.167. The van der Waals surface area contributed by atoms with Crippen molar-refractivity contribution in [1.29, 1.82) is 0 Å². The highest BCUT2D eigenvalue weighted by Gasteiger charge is 2.14. The number of hydrogen-bond acceptors (Lipinski definition) is 4. The minimum absolute atomic E-state index is 0.0706. The lowest BCUT2D eigenvalue weighted by Crippen LogP contribution is -2.28. The maximum Gasteiger partial charge on any atom is 0.320 e. The van der Waals surface area contributed by atoms with E-state index in [1.807, 2.05) is 0 Å². The summed E-state index contributed by atoms with van der Waals surface area (Å²) in [6.45, 7) is 2.51. The number of benzene rings is 1. The first-order valence-electron chi connectivity index (χ1n) is 8.01. The van der Waals surface area contributed by atoms with Crippen LogP contribution < -0.4 is 16.4 Å². The summed E-state index contributed by atoms with van der Waals surface area (Å²) in [5, 5.41) is 6.50. The molecule has 6 nitrogen and oxygen atoms in total. The van der Waals surface area contributed by atoms with E-state index in [1.165, 1.54) is 0 Å². The summed E-state index contributed by atoms with van der Waals surface area (Å²) < 4.78 is 27.8. The second-order valence-corrected chi connectivity index (χ2v) is 5.56. The van der Waals surface area contributed by atoms with E-state index in [-0.39, 0.29) is 17.9 Å². The van der Waals surface area contributed by atoms with Gasteiger partial charge in [0.2, 0.25) is 5.95 Å². The van der Waals surface area contributed by atoms with Gasteiger partial charge in [0, 0.05) is 36.3 Å². The third-order valence-corrected chi connectivity index (χ3v) is 3.90. The molecule has 0 fully saturated rings. The Bertz CT molecular complexity index is 977. The minimum Gasteiger partial charge on any atom is -0.338 e.